The maximum Gasteiger partial charge on any atom is 0.335 e. The Bertz CT molecular complexity index is 893. The van der Waals surface area contributed by atoms with E-state index in [0.29, 0.717) is 12.0 Å². The van der Waals surface area contributed by atoms with Crippen molar-refractivity contribution in [1.29, 1.82) is 0 Å². The van der Waals surface area contributed by atoms with Crippen molar-refractivity contribution in [2.24, 2.45) is 13.0 Å². The van der Waals surface area contributed by atoms with Crippen LogP contribution in [0.3, 0.4) is 0 Å². The van der Waals surface area contributed by atoms with E-state index < -0.39 is 0 Å². The Morgan fingerprint density at radius 2 is 2.00 bits per heavy atom. The number of hydrogen-bond donors (Lipinski definition) is 0. The normalized spacial score (nSPS) is 22.9. The van der Waals surface area contributed by atoms with E-state index in [0.717, 1.165) is 28.6 Å². The zero-order valence-corrected chi connectivity index (χ0v) is 14.1. The first-order valence-corrected chi connectivity index (χ1v) is 8.15. The Kier molecular flexibility index (Phi) is 3.27. The van der Waals surface area contributed by atoms with Crippen LogP contribution < -0.4 is 0 Å². The van der Waals surface area contributed by atoms with Crippen molar-refractivity contribution in [3.8, 4) is 0 Å². The molecule has 5 nitrogen and oxygen atoms in total. The Labute approximate surface area is 140 Å². The van der Waals surface area contributed by atoms with Gasteiger partial charge in [-0.2, -0.15) is 0 Å². The number of rotatable bonds is 1. The molecule has 0 radical (unpaired) electrons. The highest BCUT2D eigenvalue weighted by Crippen LogP contribution is 2.45. The van der Waals surface area contributed by atoms with Crippen molar-refractivity contribution < 1.29 is 14.3 Å². The van der Waals surface area contributed by atoms with Crippen LogP contribution in [0, 0.1) is 5.92 Å². The third-order valence-electron chi connectivity index (χ3n) is 5.38. The molecule has 0 N–H and O–H groups in total. The maximum atomic E-state index is 13.0. The molecule has 1 aromatic carbocycles. The number of Topliss-reactive ketones (excluding diaryl/α,β-unsaturated/α-hetero) is 1. The van der Waals surface area contributed by atoms with Gasteiger partial charge in [0.2, 0.25) is 0 Å². The van der Waals surface area contributed by atoms with Gasteiger partial charge in [0.15, 0.2) is 5.78 Å². The minimum Gasteiger partial charge on any atom is -0.466 e. The molecule has 2 aromatic rings. The average Bonchev–Trinajstić information content (AvgIpc) is 2.80. The molecule has 4 rings (SSSR count). The van der Waals surface area contributed by atoms with Crippen LogP contribution in [0.2, 0.25) is 0 Å². The van der Waals surface area contributed by atoms with Gasteiger partial charge in [0.1, 0.15) is 0 Å². The SMILES string of the molecule is COC(=O)C1=CN(C)[C@@H]2C[C@H]1CC(=O)c1c2c2ccccc2n1C. The van der Waals surface area contributed by atoms with Crippen molar-refractivity contribution >= 4 is 22.7 Å². The van der Waals surface area contributed by atoms with Crippen molar-refractivity contribution in [3.05, 3.63) is 47.3 Å². The van der Waals surface area contributed by atoms with Gasteiger partial charge in [-0.3, -0.25) is 4.79 Å². The van der Waals surface area contributed by atoms with E-state index in [2.05, 4.69) is 6.07 Å². The summed E-state index contributed by atoms with van der Waals surface area (Å²) in [6.07, 6.45) is 2.96. The van der Waals surface area contributed by atoms with Crippen LogP contribution in [-0.2, 0) is 16.6 Å². The number of aryl methyl sites for hydroxylation is 1. The summed E-state index contributed by atoms with van der Waals surface area (Å²) in [6.45, 7) is 0. The van der Waals surface area contributed by atoms with Gasteiger partial charge in [-0.05, 0) is 12.5 Å². The molecule has 5 heteroatoms. The number of carbonyl (C=O) groups excluding carboxylic acids is 2. The van der Waals surface area contributed by atoms with Crippen molar-refractivity contribution in [2.75, 3.05) is 14.2 Å². The summed E-state index contributed by atoms with van der Waals surface area (Å²) in [4.78, 5) is 27.1. The molecule has 2 bridgehead atoms. The molecule has 0 amide bonds. The topological polar surface area (TPSA) is 51.5 Å². The Morgan fingerprint density at radius 1 is 1.25 bits per heavy atom. The Hall–Kier alpha value is -2.56. The summed E-state index contributed by atoms with van der Waals surface area (Å²) < 4.78 is 6.91. The lowest BCUT2D eigenvalue weighted by Gasteiger charge is -2.34. The smallest absolute Gasteiger partial charge is 0.335 e. The van der Waals surface area contributed by atoms with E-state index >= 15 is 0 Å². The molecule has 2 atom stereocenters. The van der Waals surface area contributed by atoms with E-state index in [1.165, 1.54) is 7.11 Å². The molecule has 0 saturated carbocycles. The minimum atomic E-state index is -0.339. The highest BCUT2D eigenvalue weighted by atomic mass is 16.5. The number of nitrogens with zero attached hydrogens (tertiary/aromatic N) is 2. The molecular formula is C19H20N2O3. The van der Waals surface area contributed by atoms with E-state index in [1.54, 1.807) is 0 Å². The first-order chi connectivity index (χ1) is 11.5. The molecule has 24 heavy (non-hydrogen) atoms. The van der Waals surface area contributed by atoms with Crippen LogP contribution in [0.4, 0.5) is 0 Å². The van der Waals surface area contributed by atoms with Crippen LogP contribution in [-0.4, -0.2) is 35.4 Å². The highest BCUT2D eigenvalue weighted by molar-refractivity contribution is 6.04. The third kappa shape index (κ3) is 1.94. The van der Waals surface area contributed by atoms with Crippen LogP contribution in [0.25, 0.3) is 10.9 Å². The van der Waals surface area contributed by atoms with Gasteiger partial charge in [0.05, 0.1) is 24.4 Å². The summed E-state index contributed by atoms with van der Waals surface area (Å²) in [5.41, 5.74) is 3.53. The fourth-order valence-corrected chi connectivity index (χ4v) is 4.25. The highest BCUT2D eigenvalue weighted by Gasteiger charge is 2.40. The fourth-order valence-electron chi connectivity index (χ4n) is 4.25. The zero-order valence-electron chi connectivity index (χ0n) is 14.1. The second-order valence-corrected chi connectivity index (χ2v) is 6.66. The lowest BCUT2D eigenvalue weighted by atomic mass is 9.85. The van der Waals surface area contributed by atoms with E-state index in [-0.39, 0.29) is 23.7 Å². The lowest BCUT2D eigenvalue weighted by molar-refractivity contribution is -0.137. The molecule has 2 heterocycles. The molecule has 0 unspecified atom stereocenters. The number of carbonyl (C=O) groups is 2. The van der Waals surface area contributed by atoms with Gasteiger partial charge < -0.3 is 14.2 Å². The Morgan fingerprint density at radius 3 is 2.75 bits per heavy atom. The largest absolute Gasteiger partial charge is 0.466 e. The molecule has 1 aliphatic heterocycles. The first-order valence-electron chi connectivity index (χ1n) is 8.15. The van der Waals surface area contributed by atoms with Crippen molar-refractivity contribution in [3.63, 3.8) is 0 Å². The summed E-state index contributed by atoms with van der Waals surface area (Å²) in [7, 11) is 5.30. The quantitative estimate of drug-likeness (QED) is 0.757. The van der Waals surface area contributed by atoms with Gasteiger partial charge in [-0.1, -0.05) is 18.2 Å². The first kappa shape index (κ1) is 15.0. The minimum absolute atomic E-state index is 0.0858. The number of para-hydroxylation sites is 1. The standard InChI is InChI=1S/C19H20N2O3/c1-20-10-13(19(23)24-3)11-8-15(20)17-12-6-4-5-7-14(12)21(2)18(17)16(22)9-11/h4-7,10-11,15H,8-9H2,1-3H3/t11-,15+/m0/s1. The second-order valence-electron chi connectivity index (χ2n) is 6.66. The number of benzene rings is 1. The molecule has 0 spiro atoms. The van der Waals surface area contributed by atoms with Gasteiger partial charge in [0.25, 0.3) is 0 Å². The van der Waals surface area contributed by atoms with Gasteiger partial charge in [-0.25, -0.2) is 4.79 Å². The number of fused-ring (bicyclic) bond motifs is 6. The number of aromatic nitrogens is 1. The van der Waals surface area contributed by atoms with Gasteiger partial charge in [0, 0.05) is 49.1 Å². The number of hydrogen-bond acceptors (Lipinski definition) is 4. The number of esters is 1. The van der Waals surface area contributed by atoms with Crippen LogP contribution >= 0.6 is 0 Å². The number of ketones is 1. The number of ether oxygens (including phenoxy) is 1. The van der Waals surface area contributed by atoms with E-state index in [9.17, 15) is 9.59 Å². The predicted octanol–water partition coefficient (Wildman–Crippen LogP) is 2.81. The summed E-state index contributed by atoms with van der Waals surface area (Å²) in [6, 6.07) is 8.22. The molecule has 0 saturated heterocycles. The molecule has 0 fully saturated rings. The Balaban J connectivity index is 1.95. The maximum absolute atomic E-state index is 13.0. The molecule has 124 valence electrons. The molecular weight excluding hydrogens is 304 g/mol. The van der Waals surface area contributed by atoms with Crippen molar-refractivity contribution in [2.45, 2.75) is 18.9 Å². The van der Waals surface area contributed by atoms with Crippen molar-refractivity contribution in [1.82, 2.24) is 9.47 Å². The van der Waals surface area contributed by atoms with E-state index in [4.69, 9.17) is 4.74 Å². The number of methoxy groups -OCH3 is 1. The van der Waals surface area contributed by atoms with Crippen LogP contribution in [0.1, 0.15) is 34.9 Å². The third-order valence-corrected chi connectivity index (χ3v) is 5.38. The van der Waals surface area contributed by atoms with Crippen LogP contribution in [0.15, 0.2) is 36.0 Å². The average molecular weight is 324 g/mol. The molecule has 1 aromatic heterocycles. The predicted molar refractivity (Wildman–Crippen MR) is 90.6 cm³/mol. The monoisotopic (exact) mass is 324 g/mol. The second kappa shape index (κ2) is 5.23. The van der Waals surface area contributed by atoms with Gasteiger partial charge >= 0.3 is 5.97 Å². The summed E-state index contributed by atoms with van der Waals surface area (Å²) in [5, 5.41) is 1.12. The molecule has 2 aliphatic rings. The summed E-state index contributed by atoms with van der Waals surface area (Å²) in [5.74, 6) is -0.326. The fraction of sp³-hybridized carbons (Fsp3) is 0.368. The lowest BCUT2D eigenvalue weighted by Crippen LogP contribution is -2.30. The zero-order chi connectivity index (χ0) is 17.0. The van der Waals surface area contributed by atoms with Gasteiger partial charge in [-0.15, -0.1) is 0 Å². The summed E-state index contributed by atoms with van der Waals surface area (Å²) >= 11 is 0. The van der Waals surface area contributed by atoms with E-state index in [1.807, 2.05) is 48.0 Å². The molecule has 1 aliphatic carbocycles. The van der Waals surface area contributed by atoms with Crippen LogP contribution in [0.5, 0.6) is 0 Å².